The first kappa shape index (κ1) is 9.57. The van der Waals surface area contributed by atoms with Gasteiger partial charge in [0.05, 0.1) is 6.26 Å². The molecule has 0 atom stereocenters. The highest BCUT2D eigenvalue weighted by molar-refractivity contribution is 5.27. The van der Waals surface area contributed by atoms with Crippen molar-refractivity contribution in [1.82, 2.24) is 0 Å². The molecule has 0 aliphatic carbocycles. The van der Waals surface area contributed by atoms with Gasteiger partial charge in [-0.1, -0.05) is 6.58 Å². The average molecular weight is 192 g/mol. The van der Waals surface area contributed by atoms with Gasteiger partial charge in [-0.05, 0) is 0 Å². The van der Waals surface area contributed by atoms with Crippen molar-refractivity contribution in [2.75, 3.05) is 0 Å². The van der Waals surface area contributed by atoms with Crippen molar-refractivity contribution in [2.45, 2.75) is 0 Å². The second-order valence-corrected chi connectivity index (χ2v) is 2.08. The van der Waals surface area contributed by atoms with E-state index in [4.69, 9.17) is 0 Å². The Balaban J connectivity index is 3.31. The zero-order chi connectivity index (χ0) is 10.0. The van der Waals surface area contributed by atoms with Crippen LogP contribution in [0.2, 0.25) is 0 Å². The van der Waals surface area contributed by atoms with Gasteiger partial charge < -0.3 is 4.74 Å². The Hall–Kier alpha value is -1.52. The van der Waals surface area contributed by atoms with E-state index in [2.05, 4.69) is 11.3 Å². The Kier molecular flexibility index (Phi) is 2.55. The third-order valence-corrected chi connectivity index (χ3v) is 1.28. The summed E-state index contributed by atoms with van der Waals surface area (Å²) in [5.74, 6) is -7.62. The molecule has 1 rings (SSSR count). The molecule has 70 valence electrons. The van der Waals surface area contributed by atoms with Crippen molar-refractivity contribution in [1.29, 1.82) is 0 Å². The van der Waals surface area contributed by atoms with E-state index >= 15 is 0 Å². The van der Waals surface area contributed by atoms with Gasteiger partial charge >= 0.3 is 0 Å². The van der Waals surface area contributed by atoms with E-state index < -0.39 is 29.0 Å². The largest absolute Gasteiger partial charge is 0.462 e. The Morgan fingerprint density at radius 3 is 2.23 bits per heavy atom. The maximum Gasteiger partial charge on any atom is 0.204 e. The molecule has 0 aromatic heterocycles. The van der Waals surface area contributed by atoms with Gasteiger partial charge in [0.15, 0.2) is 17.4 Å². The van der Waals surface area contributed by atoms with Crippen molar-refractivity contribution in [2.24, 2.45) is 0 Å². The van der Waals surface area contributed by atoms with E-state index in [1.807, 2.05) is 0 Å². The fourth-order valence-corrected chi connectivity index (χ4v) is 0.727. The summed E-state index contributed by atoms with van der Waals surface area (Å²) >= 11 is 0. The molecule has 0 saturated heterocycles. The van der Waals surface area contributed by atoms with Gasteiger partial charge in [0.25, 0.3) is 0 Å². The van der Waals surface area contributed by atoms with Crippen molar-refractivity contribution in [3.63, 3.8) is 0 Å². The van der Waals surface area contributed by atoms with E-state index in [0.29, 0.717) is 6.07 Å². The van der Waals surface area contributed by atoms with E-state index in [-0.39, 0.29) is 0 Å². The molecule has 0 aliphatic heterocycles. The van der Waals surface area contributed by atoms with Crippen molar-refractivity contribution in [3.05, 3.63) is 42.2 Å². The summed E-state index contributed by atoms with van der Waals surface area (Å²) in [5.41, 5.74) is 0. The average Bonchev–Trinajstić information content (AvgIpc) is 2.11. The molecule has 0 bridgehead atoms. The maximum absolute atomic E-state index is 12.7. The molecule has 5 heteroatoms. The summed E-state index contributed by atoms with van der Waals surface area (Å²) < 4.78 is 54.2. The highest BCUT2D eigenvalue weighted by Crippen LogP contribution is 2.24. The molecule has 1 nitrogen and oxygen atoms in total. The predicted molar refractivity (Wildman–Crippen MR) is 37.1 cm³/mol. The van der Waals surface area contributed by atoms with Crippen molar-refractivity contribution < 1.29 is 22.3 Å². The fourth-order valence-electron chi connectivity index (χ4n) is 0.727. The number of ether oxygens (including phenoxy) is 1. The van der Waals surface area contributed by atoms with Crippen LogP contribution in [0.3, 0.4) is 0 Å². The Morgan fingerprint density at radius 1 is 1.08 bits per heavy atom. The van der Waals surface area contributed by atoms with Gasteiger partial charge in [-0.2, -0.15) is 4.39 Å². The zero-order valence-electron chi connectivity index (χ0n) is 6.28. The molecule has 0 saturated carbocycles. The third-order valence-electron chi connectivity index (χ3n) is 1.28. The topological polar surface area (TPSA) is 9.23 Å². The van der Waals surface area contributed by atoms with Crippen LogP contribution in [-0.4, -0.2) is 0 Å². The van der Waals surface area contributed by atoms with Crippen LogP contribution in [0.15, 0.2) is 18.9 Å². The van der Waals surface area contributed by atoms with Gasteiger partial charge in [-0.15, -0.1) is 0 Å². The molecule has 0 amide bonds. The van der Waals surface area contributed by atoms with E-state index in [9.17, 15) is 17.6 Å². The van der Waals surface area contributed by atoms with Gasteiger partial charge in [-0.3, -0.25) is 0 Å². The second-order valence-electron chi connectivity index (χ2n) is 2.08. The van der Waals surface area contributed by atoms with Gasteiger partial charge in [-0.25, -0.2) is 13.2 Å². The first-order chi connectivity index (χ1) is 6.07. The van der Waals surface area contributed by atoms with Crippen molar-refractivity contribution in [3.8, 4) is 5.75 Å². The second kappa shape index (κ2) is 3.47. The molecule has 1 aromatic carbocycles. The van der Waals surface area contributed by atoms with Gasteiger partial charge in [0.2, 0.25) is 11.6 Å². The summed E-state index contributed by atoms with van der Waals surface area (Å²) in [6.45, 7) is 3.05. The predicted octanol–water partition coefficient (Wildman–Crippen LogP) is 2.77. The normalized spacial score (nSPS) is 9.85. The summed E-state index contributed by atoms with van der Waals surface area (Å²) in [6.07, 6.45) is 0.773. The molecule has 0 unspecified atom stereocenters. The highest BCUT2D eigenvalue weighted by atomic mass is 19.2. The number of hydrogen-bond acceptors (Lipinski definition) is 1. The van der Waals surface area contributed by atoms with Crippen LogP contribution >= 0.6 is 0 Å². The van der Waals surface area contributed by atoms with Crippen LogP contribution < -0.4 is 4.74 Å². The monoisotopic (exact) mass is 192 g/mol. The van der Waals surface area contributed by atoms with E-state index in [0.717, 1.165) is 6.26 Å². The minimum Gasteiger partial charge on any atom is -0.462 e. The summed E-state index contributed by atoms with van der Waals surface area (Å²) in [4.78, 5) is 0. The quantitative estimate of drug-likeness (QED) is 0.303. The van der Waals surface area contributed by atoms with Gasteiger partial charge in [0, 0.05) is 6.07 Å². The molecule has 0 heterocycles. The molecule has 0 spiro atoms. The van der Waals surface area contributed by atoms with Crippen LogP contribution in [-0.2, 0) is 0 Å². The number of rotatable bonds is 2. The highest BCUT2D eigenvalue weighted by Gasteiger charge is 2.19. The standard InChI is InChI=1S/C8H4F4O/c1-2-13-5-3-4(9)6(10)8(12)7(5)11/h2-3H,1H2. The van der Waals surface area contributed by atoms with Gasteiger partial charge in [0.1, 0.15) is 0 Å². The van der Waals surface area contributed by atoms with Crippen LogP contribution in [0.1, 0.15) is 0 Å². The Labute approximate surface area is 71.2 Å². The molecule has 0 fully saturated rings. The van der Waals surface area contributed by atoms with Crippen LogP contribution in [0.25, 0.3) is 0 Å². The van der Waals surface area contributed by atoms with Crippen LogP contribution in [0.4, 0.5) is 17.6 Å². The minimum atomic E-state index is -1.91. The third kappa shape index (κ3) is 1.63. The van der Waals surface area contributed by atoms with E-state index in [1.54, 1.807) is 0 Å². The molecule has 0 aliphatic rings. The lowest BCUT2D eigenvalue weighted by atomic mass is 10.3. The molecule has 0 N–H and O–H groups in total. The Morgan fingerprint density at radius 2 is 1.69 bits per heavy atom. The lowest BCUT2D eigenvalue weighted by Gasteiger charge is -2.03. The fraction of sp³-hybridized carbons (Fsp3) is 0. The summed E-state index contributed by atoms with van der Waals surface area (Å²) in [6, 6.07) is 0.398. The molecule has 0 radical (unpaired) electrons. The van der Waals surface area contributed by atoms with Crippen molar-refractivity contribution >= 4 is 0 Å². The van der Waals surface area contributed by atoms with Crippen LogP contribution in [0.5, 0.6) is 5.75 Å². The maximum atomic E-state index is 12.7. The Bertz CT molecular complexity index is 348. The number of benzene rings is 1. The smallest absolute Gasteiger partial charge is 0.204 e. The SMILES string of the molecule is C=COc1cc(F)c(F)c(F)c1F. The molecule has 13 heavy (non-hydrogen) atoms. The minimum absolute atomic E-state index is 0.398. The molecule has 1 aromatic rings. The summed E-state index contributed by atoms with van der Waals surface area (Å²) in [5, 5.41) is 0. The summed E-state index contributed by atoms with van der Waals surface area (Å²) in [7, 11) is 0. The molecular formula is C8H4F4O. The molecular weight excluding hydrogens is 188 g/mol. The first-order valence-electron chi connectivity index (χ1n) is 3.18. The van der Waals surface area contributed by atoms with E-state index in [1.165, 1.54) is 0 Å². The number of hydrogen-bond donors (Lipinski definition) is 0. The lowest BCUT2D eigenvalue weighted by molar-refractivity contribution is 0.371. The zero-order valence-corrected chi connectivity index (χ0v) is 6.28. The first-order valence-corrected chi connectivity index (χ1v) is 3.18. The lowest BCUT2D eigenvalue weighted by Crippen LogP contribution is -1.98. The number of halogens is 4. The van der Waals surface area contributed by atoms with Crippen LogP contribution in [0, 0.1) is 23.3 Å².